The van der Waals surface area contributed by atoms with Gasteiger partial charge in [0.15, 0.2) is 11.5 Å². The minimum Gasteiger partial charge on any atom is -0.493 e. The molecule has 9 heteroatoms. The summed E-state index contributed by atoms with van der Waals surface area (Å²) in [5.41, 5.74) is 7.46. The van der Waals surface area contributed by atoms with Crippen molar-refractivity contribution in [2.45, 2.75) is 6.42 Å². The highest BCUT2D eigenvalue weighted by atomic mass is 35.5. The number of nitrogens with one attached hydrogen (secondary N) is 1. The Morgan fingerprint density at radius 1 is 1.10 bits per heavy atom. The number of carbonyl (C=O) groups excluding carboxylic acids is 2. The number of methoxy groups -OCH3 is 3. The van der Waals surface area contributed by atoms with Crippen molar-refractivity contribution in [2.24, 2.45) is 5.92 Å². The van der Waals surface area contributed by atoms with Gasteiger partial charge in [-0.1, -0.05) is 12.1 Å². The molecule has 0 spiro atoms. The van der Waals surface area contributed by atoms with Crippen LogP contribution in [0.15, 0.2) is 36.4 Å². The quantitative estimate of drug-likeness (QED) is 0.695. The summed E-state index contributed by atoms with van der Waals surface area (Å²) in [4.78, 5) is 26.7. The van der Waals surface area contributed by atoms with E-state index in [0.717, 1.165) is 0 Å². The third kappa shape index (κ3) is 4.48. The molecule has 1 saturated heterocycles. The largest absolute Gasteiger partial charge is 0.493 e. The summed E-state index contributed by atoms with van der Waals surface area (Å²) >= 11 is 0. The predicted octanol–water partition coefficient (Wildman–Crippen LogP) is 2.71. The maximum atomic E-state index is 12.6. The average Bonchev–Trinajstić information content (AvgIpc) is 3.10. The number of ether oxygens (including phenoxy) is 3. The fourth-order valence-electron chi connectivity index (χ4n) is 3.20. The second kappa shape index (κ2) is 9.38. The SMILES string of the molecule is COc1cc(N2CC(C(=O)Nc3ccccc3N)CC2=O)cc(OC)c1OC.Cl. The van der Waals surface area contributed by atoms with E-state index in [1.165, 1.54) is 21.3 Å². The second-order valence-electron chi connectivity index (χ2n) is 6.37. The average molecular weight is 422 g/mol. The van der Waals surface area contributed by atoms with E-state index in [1.807, 2.05) is 0 Å². The van der Waals surface area contributed by atoms with Crippen LogP contribution in [0.4, 0.5) is 17.1 Å². The number of carbonyl (C=O) groups is 2. The molecule has 29 heavy (non-hydrogen) atoms. The molecule has 3 N–H and O–H groups in total. The number of amides is 2. The van der Waals surface area contributed by atoms with Gasteiger partial charge in [0.25, 0.3) is 0 Å². The lowest BCUT2D eigenvalue weighted by Crippen LogP contribution is -2.28. The van der Waals surface area contributed by atoms with E-state index in [-0.39, 0.29) is 37.2 Å². The van der Waals surface area contributed by atoms with Gasteiger partial charge in [0, 0.05) is 25.1 Å². The van der Waals surface area contributed by atoms with Gasteiger partial charge in [-0.05, 0) is 12.1 Å². The Morgan fingerprint density at radius 3 is 2.28 bits per heavy atom. The highest BCUT2D eigenvalue weighted by Crippen LogP contribution is 2.42. The van der Waals surface area contributed by atoms with Crippen LogP contribution in [0.3, 0.4) is 0 Å². The number of benzene rings is 2. The number of nitrogens with zero attached hydrogens (tertiary/aromatic N) is 1. The minimum absolute atomic E-state index is 0. The molecule has 0 aromatic heterocycles. The summed E-state index contributed by atoms with van der Waals surface area (Å²) in [6.07, 6.45) is 0.106. The molecular weight excluding hydrogens is 398 g/mol. The zero-order chi connectivity index (χ0) is 20.3. The number of nitrogens with two attached hydrogens (primary N) is 1. The highest BCUT2D eigenvalue weighted by Gasteiger charge is 2.36. The first-order valence-corrected chi connectivity index (χ1v) is 8.74. The standard InChI is InChI=1S/C20H23N3O5.ClH/c1-26-16-9-13(10-17(27-2)19(16)28-3)23-11-12(8-18(23)24)20(25)22-15-7-5-4-6-14(15)21;/h4-7,9-10,12H,8,11,21H2,1-3H3,(H,22,25);1H. The minimum atomic E-state index is -0.494. The number of anilines is 3. The third-order valence-electron chi connectivity index (χ3n) is 4.68. The van der Waals surface area contributed by atoms with Gasteiger partial charge in [0.2, 0.25) is 17.6 Å². The van der Waals surface area contributed by atoms with Crippen molar-refractivity contribution in [1.82, 2.24) is 0 Å². The van der Waals surface area contributed by atoms with Gasteiger partial charge in [0.05, 0.1) is 44.3 Å². The maximum Gasteiger partial charge on any atom is 0.229 e. The fraction of sp³-hybridized carbons (Fsp3) is 0.300. The fourth-order valence-corrected chi connectivity index (χ4v) is 3.20. The Labute approximate surface area is 175 Å². The lowest BCUT2D eigenvalue weighted by atomic mass is 10.1. The number of hydrogen-bond acceptors (Lipinski definition) is 6. The molecule has 3 rings (SSSR count). The van der Waals surface area contributed by atoms with Crippen LogP contribution in [-0.2, 0) is 9.59 Å². The van der Waals surface area contributed by atoms with Crippen LogP contribution in [0.1, 0.15) is 6.42 Å². The van der Waals surface area contributed by atoms with Crippen LogP contribution in [0.5, 0.6) is 17.2 Å². The molecule has 156 valence electrons. The first-order chi connectivity index (χ1) is 13.5. The molecule has 0 saturated carbocycles. The molecule has 1 unspecified atom stereocenters. The molecule has 0 aliphatic carbocycles. The van der Waals surface area contributed by atoms with E-state index in [2.05, 4.69) is 5.32 Å². The normalized spacial score (nSPS) is 15.5. The van der Waals surface area contributed by atoms with Crippen LogP contribution in [0, 0.1) is 5.92 Å². The molecule has 0 radical (unpaired) electrons. The van der Waals surface area contributed by atoms with Crippen molar-refractivity contribution < 1.29 is 23.8 Å². The van der Waals surface area contributed by atoms with Crippen LogP contribution in [0.25, 0.3) is 0 Å². The van der Waals surface area contributed by atoms with Gasteiger partial charge in [0.1, 0.15) is 0 Å². The van der Waals surface area contributed by atoms with Crippen molar-refractivity contribution in [3.63, 3.8) is 0 Å². The van der Waals surface area contributed by atoms with Crippen LogP contribution >= 0.6 is 12.4 Å². The Kier molecular flexibility index (Phi) is 7.17. The summed E-state index contributed by atoms with van der Waals surface area (Å²) < 4.78 is 16.0. The Bertz CT molecular complexity index is 880. The van der Waals surface area contributed by atoms with E-state index < -0.39 is 5.92 Å². The molecule has 1 atom stereocenters. The first-order valence-electron chi connectivity index (χ1n) is 8.74. The Hall–Kier alpha value is -3.13. The molecule has 8 nitrogen and oxygen atoms in total. The molecule has 2 aromatic rings. The van der Waals surface area contributed by atoms with Gasteiger partial charge in [-0.15, -0.1) is 12.4 Å². The number of hydrogen-bond donors (Lipinski definition) is 2. The molecule has 0 bridgehead atoms. The summed E-state index contributed by atoms with van der Waals surface area (Å²) in [6, 6.07) is 10.4. The van der Waals surface area contributed by atoms with Gasteiger partial charge in [-0.3, -0.25) is 9.59 Å². The van der Waals surface area contributed by atoms with E-state index in [1.54, 1.807) is 41.3 Å². The summed E-state index contributed by atoms with van der Waals surface area (Å²) in [5.74, 6) is 0.418. The molecule has 1 aliphatic heterocycles. The van der Waals surface area contributed by atoms with Gasteiger partial charge >= 0.3 is 0 Å². The Morgan fingerprint density at radius 2 is 1.72 bits per heavy atom. The van der Waals surface area contributed by atoms with E-state index in [9.17, 15) is 9.59 Å². The molecular formula is C20H24ClN3O5. The zero-order valence-corrected chi connectivity index (χ0v) is 17.2. The monoisotopic (exact) mass is 421 g/mol. The van der Waals surface area contributed by atoms with Crippen molar-refractivity contribution in [3.05, 3.63) is 36.4 Å². The van der Waals surface area contributed by atoms with Gasteiger partial charge < -0.3 is 30.2 Å². The molecule has 1 aliphatic rings. The smallest absolute Gasteiger partial charge is 0.229 e. The van der Waals surface area contributed by atoms with Crippen molar-refractivity contribution in [1.29, 1.82) is 0 Å². The number of halogens is 1. The summed E-state index contributed by atoms with van der Waals surface area (Å²) in [7, 11) is 4.53. The Balaban J connectivity index is 0.00000300. The molecule has 2 aromatic carbocycles. The summed E-state index contributed by atoms with van der Waals surface area (Å²) in [5, 5.41) is 2.80. The maximum absolute atomic E-state index is 12.6. The van der Waals surface area contributed by atoms with Crippen molar-refractivity contribution in [2.75, 3.05) is 43.8 Å². The number of para-hydroxylation sites is 2. The first kappa shape index (κ1) is 22.2. The zero-order valence-electron chi connectivity index (χ0n) is 16.4. The van der Waals surface area contributed by atoms with E-state index in [0.29, 0.717) is 34.3 Å². The lowest BCUT2D eigenvalue weighted by molar-refractivity contribution is -0.122. The van der Waals surface area contributed by atoms with E-state index in [4.69, 9.17) is 19.9 Å². The number of nitrogen functional groups attached to an aromatic ring is 1. The van der Waals surface area contributed by atoms with Crippen molar-refractivity contribution >= 4 is 41.3 Å². The predicted molar refractivity (Wildman–Crippen MR) is 113 cm³/mol. The number of rotatable bonds is 6. The lowest BCUT2D eigenvalue weighted by Gasteiger charge is -2.20. The molecule has 1 heterocycles. The third-order valence-corrected chi connectivity index (χ3v) is 4.68. The van der Waals surface area contributed by atoms with Crippen LogP contribution in [0.2, 0.25) is 0 Å². The molecule has 2 amide bonds. The second-order valence-corrected chi connectivity index (χ2v) is 6.37. The van der Waals surface area contributed by atoms with E-state index >= 15 is 0 Å². The topological polar surface area (TPSA) is 103 Å². The van der Waals surface area contributed by atoms with Crippen LogP contribution in [-0.4, -0.2) is 39.7 Å². The van der Waals surface area contributed by atoms with Gasteiger partial charge in [-0.2, -0.15) is 0 Å². The molecule has 1 fully saturated rings. The summed E-state index contributed by atoms with van der Waals surface area (Å²) in [6.45, 7) is 0.246. The van der Waals surface area contributed by atoms with Crippen LogP contribution < -0.4 is 30.2 Å². The highest BCUT2D eigenvalue weighted by molar-refractivity contribution is 6.04. The van der Waals surface area contributed by atoms with Crippen molar-refractivity contribution in [3.8, 4) is 17.2 Å². The van der Waals surface area contributed by atoms with Gasteiger partial charge in [-0.25, -0.2) is 0 Å².